The predicted molar refractivity (Wildman–Crippen MR) is 89.5 cm³/mol. The minimum absolute atomic E-state index is 0.570. The van der Waals surface area contributed by atoms with Crippen LogP contribution >= 0.6 is 27.5 Å². The third-order valence-corrected chi connectivity index (χ3v) is 6.12. The molecule has 2 N–H and O–H groups in total. The van der Waals surface area contributed by atoms with Gasteiger partial charge in [-0.15, -0.1) is 0 Å². The molecular weight excluding hydrogens is 336 g/mol. The lowest BCUT2D eigenvalue weighted by molar-refractivity contribution is 0.286. The third kappa shape index (κ3) is 3.15. The van der Waals surface area contributed by atoms with Gasteiger partial charge < -0.3 is 10.6 Å². The van der Waals surface area contributed by atoms with Crippen molar-refractivity contribution in [1.29, 1.82) is 0 Å². The summed E-state index contributed by atoms with van der Waals surface area (Å²) in [7, 11) is 0. The van der Waals surface area contributed by atoms with Crippen LogP contribution in [0.15, 0.2) is 22.7 Å². The molecule has 1 aromatic carbocycles. The van der Waals surface area contributed by atoms with Crippen molar-refractivity contribution in [3.05, 3.63) is 27.7 Å². The zero-order chi connectivity index (χ0) is 13.9. The molecule has 2 fully saturated rings. The number of benzene rings is 1. The molecule has 1 saturated carbocycles. The Morgan fingerprint density at radius 1 is 1.15 bits per heavy atom. The highest BCUT2D eigenvalue weighted by Gasteiger charge is 2.34. The normalized spacial score (nSPS) is 30.4. The number of piperidine rings is 1. The standard InChI is InChI=1S/C16H22BrClN2/c17-16-12(18)6-4-9-15(16)20-14-8-3-5-11(14)13-7-1-2-10-19-13/h4,6,9,11,13-14,19-20H,1-3,5,7-8,10H2. The lowest BCUT2D eigenvalue weighted by atomic mass is 9.88. The Labute approximate surface area is 134 Å². The second kappa shape index (κ2) is 6.67. The summed E-state index contributed by atoms with van der Waals surface area (Å²) in [4.78, 5) is 0. The van der Waals surface area contributed by atoms with Crippen molar-refractivity contribution in [2.45, 2.75) is 50.6 Å². The smallest absolute Gasteiger partial charge is 0.0593 e. The van der Waals surface area contributed by atoms with Gasteiger partial charge in [0.25, 0.3) is 0 Å². The number of hydrogen-bond acceptors (Lipinski definition) is 2. The molecule has 1 aliphatic heterocycles. The van der Waals surface area contributed by atoms with Crippen LogP contribution in [0.25, 0.3) is 0 Å². The molecule has 0 aromatic heterocycles. The van der Waals surface area contributed by atoms with E-state index >= 15 is 0 Å². The lowest BCUT2D eigenvalue weighted by Crippen LogP contribution is -2.44. The van der Waals surface area contributed by atoms with Crippen LogP contribution < -0.4 is 10.6 Å². The van der Waals surface area contributed by atoms with Gasteiger partial charge in [-0.3, -0.25) is 0 Å². The summed E-state index contributed by atoms with van der Waals surface area (Å²) in [5.41, 5.74) is 1.13. The summed E-state index contributed by atoms with van der Waals surface area (Å²) in [5, 5.41) is 8.23. The van der Waals surface area contributed by atoms with E-state index in [9.17, 15) is 0 Å². The number of rotatable bonds is 3. The fourth-order valence-corrected chi connectivity index (χ4v) is 4.26. The molecule has 0 radical (unpaired) electrons. The maximum atomic E-state index is 6.19. The quantitative estimate of drug-likeness (QED) is 0.810. The van der Waals surface area contributed by atoms with Crippen molar-refractivity contribution >= 4 is 33.2 Å². The maximum Gasteiger partial charge on any atom is 0.0593 e. The molecule has 1 saturated heterocycles. The van der Waals surface area contributed by atoms with Crippen molar-refractivity contribution in [3.8, 4) is 0 Å². The molecule has 0 amide bonds. The van der Waals surface area contributed by atoms with Crippen LogP contribution in [0.3, 0.4) is 0 Å². The zero-order valence-corrected chi connectivity index (χ0v) is 14.0. The van der Waals surface area contributed by atoms with Crippen LogP contribution in [0.1, 0.15) is 38.5 Å². The van der Waals surface area contributed by atoms with E-state index < -0.39 is 0 Å². The van der Waals surface area contributed by atoms with E-state index in [2.05, 4.69) is 32.6 Å². The Kier molecular flexibility index (Phi) is 4.90. The third-order valence-electron chi connectivity index (χ3n) is 4.73. The van der Waals surface area contributed by atoms with E-state index in [4.69, 9.17) is 11.6 Å². The first-order chi connectivity index (χ1) is 9.75. The molecule has 0 bridgehead atoms. The van der Waals surface area contributed by atoms with Gasteiger partial charge in [-0.1, -0.05) is 30.5 Å². The Hall–Kier alpha value is -0.250. The number of hydrogen-bond donors (Lipinski definition) is 2. The molecule has 3 unspecified atom stereocenters. The van der Waals surface area contributed by atoms with E-state index in [0.717, 1.165) is 21.1 Å². The lowest BCUT2D eigenvalue weighted by Gasteiger charge is -2.33. The van der Waals surface area contributed by atoms with Crippen molar-refractivity contribution < 1.29 is 0 Å². The molecule has 3 atom stereocenters. The number of halogens is 2. The highest BCUT2D eigenvalue weighted by Crippen LogP contribution is 2.36. The van der Waals surface area contributed by atoms with E-state index in [0.29, 0.717) is 12.1 Å². The molecule has 1 aromatic rings. The van der Waals surface area contributed by atoms with Crippen LogP contribution in [-0.2, 0) is 0 Å². The van der Waals surface area contributed by atoms with Gasteiger partial charge in [-0.05, 0) is 66.2 Å². The predicted octanol–water partition coefficient (Wildman–Crippen LogP) is 4.83. The van der Waals surface area contributed by atoms with E-state index in [-0.39, 0.29) is 0 Å². The fraction of sp³-hybridized carbons (Fsp3) is 0.625. The molecule has 1 aliphatic carbocycles. The molecule has 2 aliphatic rings. The summed E-state index contributed by atoms with van der Waals surface area (Å²) in [5.74, 6) is 0.751. The molecule has 3 rings (SSSR count). The van der Waals surface area contributed by atoms with Crippen molar-refractivity contribution in [3.63, 3.8) is 0 Å². The van der Waals surface area contributed by atoms with Gasteiger partial charge in [0.2, 0.25) is 0 Å². The Balaban J connectivity index is 1.70. The Bertz CT molecular complexity index is 460. The molecule has 4 heteroatoms. The summed E-state index contributed by atoms with van der Waals surface area (Å²) in [6, 6.07) is 7.31. The van der Waals surface area contributed by atoms with Gasteiger partial charge >= 0.3 is 0 Å². The van der Waals surface area contributed by atoms with Crippen molar-refractivity contribution in [2.24, 2.45) is 5.92 Å². The van der Waals surface area contributed by atoms with Crippen LogP contribution in [0.5, 0.6) is 0 Å². The monoisotopic (exact) mass is 356 g/mol. The Morgan fingerprint density at radius 3 is 2.85 bits per heavy atom. The highest BCUT2D eigenvalue weighted by atomic mass is 79.9. The van der Waals surface area contributed by atoms with Crippen LogP contribution in [0.4, 0.5) is 5.69 Å². The Morgan fingerprint density at radius 2 is 2.05 bits per heavy atom. The summed E-state index contributed by atoms with van der Waals surface area (Å²) in [6.45, 7) is 1.19. The van der Waals surface area contributed by atoms with Gasteiger partial charge in [0.1, 0.15) is 0 Å². The first-order valence-electron chi connectivity index (χ1n) is 7.69. The van der Waals surface area contributed by atoms with Gasteiger partial charge in [-0.25, -0.2) is 0 Å². The minimum atomic E-state index is 0.570. The fourth-order valence-electron chi connectivity index (χ4n) is 3.71. The summed E-state index contributed by atoms with van der Waals surface area (Å²) in [6.07, 6.45) is 7.98. The van der Waals surface area contributed by atoms with Crippen LogP contribution in [-0.4, -0.2) is 18.6 Å². The summed E-state index contributed by atoms with van der Waals surface area (Å²) >= 11 is 9.78. The first kappa shape index (κ1) is 14.7. The first-order valence-corrected chi connectivity index (χ1v) is 8.87. The van der Waals surface area contributed by atoms with Gasteiger partial charge in [0, 0.05) is 12.1 Å². The van der Waals surface area contributed by atoms with Crippen LogP contribution in [0, 0.1) is 5.92 Å². The van der Waals surface area contributed by atoms with E-state index in [1.54, 1.807) is 0 Å². The van der Waals surface area contributed by atoms with Crippen molar-refractivity contribution in [2.75, 3.05) is 11.9 Å². The second-order valence-electron chi connectivity index (χ2n) is 6.00. The van der Waals surface area contributed by atoms with Crippen LogP contribution in [0.2, 0.25) is 5.02 Å². The largest absolute Gasteiger partial charge is 0.381 e. The van der Waals surface area contributed by atoms with Gasteiger partial charge in [0.15, 0.2) is 0 Å². The molecule has 2 nitrogen and oxygen atoms in total. The maximum absolute atomic E-state index is 6.19. The highest BCUT2D eigenvalue weighted by molar-refractivity contribution is 9.10. The SMILES string of the molecule is Clc1cccc(NC2CCCC2C2CCCCN2)c1Br. The number of nitrogens with one attached hydrogen (secondary N) is 2. The molecule has 1 heterocycles. The van der Waals surface area contributed by atoms with E-state index in [1.165, 1.54) is 45.1 Å². The average Bonchev–Trinajstić information content (AvgIpc) is 2.93. The average molecular weight is 358 g/mol. The second-order valence-corrected chi connectivity index (χ2v) is 7.20. The van der Waals surface area contributed by atoms with Crippen molar-refractivity contribution in [1.82, 2.24) is 5.32 Å². The molecule has 20 heavy (non-hydrogen) atoms. The summed E-state index contributed by atoms with van der Waals surface area (Å²) < 4.78 is 0.990. The zero-order valence-electron chi connectivity index (χ0n) is 11.7. The van der Waals surface area contributed by atoms with E-state index in [1.807, 2.05) is 12.1 Å². The molecular formula is C16H22BrClN2. The van der Waals surface area contributed by atoms with Gasteiger partial charge in [0.05, 0.1) is 15.2 Å². The topological polar surface area (TPSA) is 24.1 Å². The molecule has 110 valence electrons. The number of anilines is 1. The molecule has 0 spiro atoms. The minimum Gasteiger partial charge on any atom is -0.381 e. The van der Waals surface area contributed by atoms with Gasteiger partial charge in [-0.2, -0.15) is 0 Å².